The molecule has 4 heteroatoms. The van der Waals surface area contributed by atoms with Crippen molar-refractivity contribution in [2.24, 2.45) is 0 Å². The Morgan fingerprint density at radius 2 is 2.42 bits per heavy atom. The summed E-state index contributed by atoms with van der Waals surface area (Å²) in [6, 6.07) is -0.331. The van der Waals surface area contributed by atoms with Gasteiger partial charge in [0.15, 0.2) is 0 Å². The number of hydrogen-bond acceptors (Lipinski definition) is 3. The van der Waals surface area contributed by atoms with Gasteiger partial charge in [-0.1, -0.05) is 0 Å². The zero-order valence-corrected chi connectivity index (χ0v) is 7.03. The number of nitrogens with zero attached hydrogens (tertiary/aromatic N) is 2. The highest BCUT2D eigenvalue weighted by Crippen LogP contribution is 2.21. The molecule has 0 radical (unpaired) electrons. The maximum absolute atomic E-state index is 10.8. The van der Waals surface area contributed by atoms with Gasteiger partial charge in [0.25, 0.3) is 0 Å². The van der Waals surface area contributed by atoms with Gasteiger partial charge in [0.2, 0.25) is 0 Å². The van der Waals surface area contributed by atoms with Crippen LogP contribution in [0.15, 0.2) is 11.9 Å². The van der Waals surface area contributed by atoms with Crippen LogP contribution < -0.4 is 0 Å². The van der Waals surface area contributed by atoms with E-state index in [0.29, 0.717) is 6.54 Å². The molecule has 0 saturated carbocycles. The van der Waals surface area contributed by atoms with Crippen LogP contribution in [0.25, 0.3) is 0 Å². The summed E-state index contributed by atoms with van der Waals surface area (Å²) in [6.07, 6.45) is 1.94. The van der Waals surface area contributed by atoms with Crippen LogP contribution >= 0.6 is 0 Å². The third-order valence-electron chi connectivity index (χ3n) is 2.56. The Bertz CT molecular complexity index is 249. The van der Waals surface area contributed by atoms with Crippen LogP contribution in [0.5, 0.6) is 0 Å². The number of carbonyl (C=O) groups is 1. The van der Waals surface area contributed by atoms with E-state index < -0.39 is 5.97 Å². The molecule has 66 valence electrons. The number of carboxylic acid groups (broad SMARTS) is 1. The summed E-state index contributed by atoms with van der Waals surface area (Å²) in [5, 5.41) is 8.85. The molecule has 2 bridgehead atoms. The van der Waals surface area contributed by atoms with Crippen LogP contribution in [0.4, 0.5) is 0 Å². The van der Waals surface area contributed by atoms with Crippen molar-refractivity contribution in [3.63, 3.8) is 0 Å². The SMILES string of the molecule is CC1=CN2CCN1CC2C(=O)O. The van der Waals surface area contributed by atoms with Gasteiger partial charge >= 0.3 is 5.97 Å². The first-order valence-electron chi connectivity index (χ1n) is 4.10. The first-order valence-corrected chi connectivity index (χ1v) is 4.10. The highest BCUT2D eigenvalue weighted by atomic mass is 16.4. The van der Waals surface area contributed by atoms with Crippen molar-refractivity contribution < 1.29 is 9.90 Å². The van der Waals surface area contributed by atoms with Crippen molar-refractivity contribution in [1.29, 1.82) is 0 Å². The van der Waals surface area contributed by atoms with Crippen molar-refractivity contribution in [3.05, 3.63) is 11.9 Å². The van der Waals surface area contributed by atoms with Gasteiger partial charge in [-0.3, -0.25) is 0 Å². The molecule has 4 nitrogen and oxygen atoms in total. The number of allylic oxidation sites excluding steroid dienone is 1. The lowest BCUT2D eigenvalue weighted by atomic mass is 10.1. The zero-order chi connectivity index (χ0) is 8.72. The number of piperazine rings is 1. The molecule has 0 aromatic carbocycles. The van der Waals surface area contributed by atoms with Gasteiger partial charge in [0.1, 0.15) is 6.04 Å². The molecule has 0 aliphatic carbocycles. The van der Waals surface area contributed by atoms with Crippen LogP contribution in [0, 0.1) is 0 Å². The first kappa shape index (κ1) is 7.46. The van der Waals surface area contributed by atoms with Gasteiger partial charge in [0.05, 0.1) is 0 Å². The topological polar surface area (TPSA) is 43.8 Å². The first-order chi connectivity index (χ1) is 5.68. The number of rotatable bonds is 1. The second-order valence-electron chi connectivity index (χ2n) is 3.31. The number of aliphatic carboxylic acids is 1. The van der Waals surface area contributed by atoms with Gasteiger partial charge in [-0.25, -0.2) is 4.79 Å². The van der Waals surface area contributed by atoms with E-state index in [-0.39, 0.29) is 6.04 Å². The summed E-state index contributed by atoms with van der Waals surface area (Å²) in [5.41, 5.74) is 1.18. The van der Waals surface area contributed by atoms with Crippen molar-refractivity contribution in [2.45, 2.75) is 13.0 Å². The minimum atomic E-state index is -0.719. The maximum atomic E-state index is 10.8. The third kappa shape index (κ3) is 0.948. The predicted octanol–water partition coefficient (Wildman–Crippen LogP) is -0.0679. The normalized spacial score (nSPS) is 27.4. The van der Waals surface area contributed by atoms with Gasteiger partial charge in [-0.05, 0) is 6.92 Å². The Morgan fingerprint density at radius 1 is 1.67 bits per heavy atom. The molecule has 0 aromatic rings. The fourth-order valence-electron chi connectivity index (χ4n) is 1.81. The zero-order valence-electron chi connectivity index (χ0n) is 7.03. The summed E-state index contributed by atoms with van der Waals surface area (Å²) in [4.78, 5) is 14.8. The summed E-state index contributed by atoms with van der Waals surface area (Å²) < 4.78 is 0. The molecule has 1 unspecified atom stereocenters. The van der Waals surface area contributed by atoms with Crippen LogP contribution in [0.3, 0.4) is 0 Å². The molecule has 1 fully saturated rings. The van der Waals surface area contributed by atoms with E-state index in [0.717, 1.165) is 13.1 Å². The molecule has 1 N–H and O–H groups in total. The Morgan fingerprint density at radius 3 is 2.83 bits per heavy atom. The monoisotopic (exact) mass is 168 g/mol. The highest BCUT2D eigenvalue weighted by Gasteiger charge is 2.34. The Kier molecular flexibility index (Phi) is 1.49. The number of hydrogen-bond donors (Lipinski definition) is 1. The van der Waals surface area contributed by atoms with Gasteiger partial charge < -0.3 is 14.9 Å². The van der Waals surface area contributed by atoms with Crippen molar-refractivity contribution in [3.8, 4) is 0 Å². The average molecular weight is 168 g/mol. The predicted molar refractivity (Wildman–Crippen MR) is 43.5 cm³/mol. The molecule has 0 aromatic heterocycles. The van der Waals surface area contributed by atoms with Gasteiger partial charge in [-0.15, -0.1) is 0 Å². The minimum absolute atomic E-state index is 0.331. The Hall–Kier alpha value is -1.19. The molecule has 3 rings (SSSR count). The van der Waals surface area contributed by atoms with E-state index in [1.165, 1.54) is 5.70 Å². The maximum Gasteiger partial charge on any atom is 0.328 e. The molecule has 12 heavy (non-hydrogen) atoms. The Labute approximate surface area is 71.1 Å². The lowest BCUT2D eigenvalue weighted by Crippen LogP contribution is -2.57. The lowest BCUT2D eigenvalue weighted by molar-refractivity contribution is -0.144. The quantitative estimate of drug-likeness (QED) is 0.595. The van der Waals surface area contributed by atoms with Crippen LogP contribution in [-0.2, 0) is 4.79 Å². The van der Waals surface area contributed by atoms with E-state index in [1.807, 2.05) is 18.0 Å². The third-order valence-corrected chi connectivity index (χ3v) is 2.56. The second kappa shape index (κ2) is 2.40. The van der Waals surface area contributed by atoms with E-state index >= 15 is 0 Å². The molecule has 3 aliphatic rings. The van der Waals surface area contributed by atoms with Crippen LogP contribution in [0.1, 0.15) is 6.92 Å². The summed E-state index contributed by atoms with van der Waals surface area (Å²) in [6.45, 7) is 4.46. The smallest absolute Gasteiger partial charge is 0.328 e. The van der Waals surface area contributed by atoms with E-state index in [1.54, 1.807) is 0 Å². The molecule has 1 atom stereocenters. The van der Waals surface area contributed by atoms with Crippen molar-refractivity contribution in [1.82, 2.24) is 9.80 Å². The summed E-state index contributed by atoms with van der Waals surface area (Å²) in [5.74, 6) is -0.719. The van der Waals surface area contributed by atoms with Gasteiger partial charge in [0, 0.05) is 31.5 Å². The lowest BCUT2D eigenvalue weighted by Gasteiger charge is -2.45. The molecule has 3 aliphatic heterocycles. The van der Waals surface area contributed by atoms with E-state index in [9.17, 15) is 4.79 Å². The standard InChI is InChI=1S/C8H12N2O2/c1-6-4-10-3-2-9(6)5-7(10)8(11)12/h4,7H,2-3,5H2,1H3,(H,11,12). The fourth-order valence-corrected chi connectivity index (χ4v) is 1.81. The number of fused-ring (bicyclic) bond motifs is 2. The molecular formula is C8H12N2O2. The summed E-state index contributed by atoms with van der Waals surface area (Å²) in [7, 11) is 0. The molecule has 3 heterocycles. The largest absolute Gasteiger partial charge is 0.480 e. The molecular weight excluding hydrogens is 156 g/mol. The second-order valence-corrected chi connectivity index (χ2v) is 3.31. The van der Waals surface area contributed by atoms with Crippen LogP contribution in [-0.4, -0.2) is 46.6 Å². The minimum Gasteiger partial charge on any atom is -0.480 e. The summed E-state index contributed by atoms with van der Waals surface area (Å²) >= 11 is 0. The van der Waals surface area contributed by atoms with E-state index in [2.05, 4.69) is 4.90 Å². The molecule has 0 spiro atoms. The molecule has 0 amide bonds. The fraction of sp³-hybridized carbons (Fsp3) is 0.625. The van der Waals surface area contributed by atoms with Crippen molar-refractivity contribution in [2.75, 3.05) is 19.6 Å². The highest BCUT2D eigenvalue weighted by molar-refractivity contribution is 5.74. The molecule has 1 saturated heterocycles. The van der Waals surface area contributed by atoms with Gasteiger partial charge in [-0.2, -0.15) is 0 Å². The van der Waals surface area contributed by atoms with Crippen LogP contribution in [0.2, 0.25) is 0 Å². The Balaban J connectivity index is 2.22. The number of carboxylic acids is 1. The van der Waals surface area contributed by atoms with E-state index in [4.69, 9.17) is 5.11 Å². The van der Waals surface area contributed by atoms with Crippen molar-refractivity contribution >= 4 is 5.97 Å². The average Bonchev–Trinajstić information content (AvgIpc) is 2.04.